The first-order chi connectivity index (χ1) is 11.1. The fraction of sp³-hybridized carbons (Fsp3) is 0.222. The summed E-state index contributed by atoms with van der Waals surface area (Å²) in [6.07, 6.45) is -0.574. The first-order valence-electron chi connectivity index (χ1n) is 7.49. The molecule has 0 spiro atoms. The number of benzene rings is 2. The third-order valence-electron chi connectivity index (χ3n) is 3.83. The molecule has 0 aromatic heterocycles. The Balaban J connectivity index is 1.60. The number of amides is 2. The number of ether oxygens (including phenoxy) is 1. The van der Waals surface area contributed by atoms with Gasteiger partial charge in [-0.25, -0.2) is 4.79 Å². The number of carbonyl (C=O) groups excluding carboxylic acids is 2. The molecule has 5 nitrogen and oxygen atoms in total. The minimum Gasteiger partial charge on any atom is -0.445 e. The van der Waals surface area contributed by atoms with E-state index in [1.807, 2.05) is 43.3 Å². The van der Waals surface area contributed by atoms with E-state index in [-0.39, 0.29) is 12.5 Å². The van der Waals surface area contributed by atoms with Gasteiger partial charge in [-0.3, -0.25) is 4.79 Å². The van der Waals surface area contributed by atoms with Gasteiger partial charge in [-0.1, -0.05) is 48.5 Å². The lowest BCUT2D eigenvalue weighted by molar-refractivity contribution is -0.128. The summed E-state index contributed by atoms with van der Waals surface area (Å²) in [5.74, 6) is -0.176. The molecule has 0 radical (unpaired) electrons. The van der Waals surface area contributed by atoms with Gasteiger partial charge in [0.2, 0.25) is 5.91 Å². The van der Waals surface area contributed by atoms with E-state index in [0.717, 1.165) is 22.3 Å². The number of nitrogens with one attached hydrogen (secondary N) is 2. The van der Waals surface area contributed by atoms with Crippen LogP contribution in [-0.2, 0) is 16.1 Å². The maximum atomic E-state index is 11.6. The molecule has 0 unspecified atom stereocenters. The highest BCUT2D eigenvalue weighted by Crippen LogP contribution is 2.24. The Morgan fingerprint density at radius 2 is 2.04 bits per heavy atom. The van der Waals surface area contributed by atoms with Crippen molar-refractivity contribution in [1.29, 1.82) is 0 Å². The Morgan fingerprint density at radius 1 is 1.26 bits per heavy atom. The van der Waals surface area contributed by atoms with Crippen LogP contribution in [0.1, 0.15) is 11.1 Å². The van der Waals surface area contributed by atoms with E-state index < -0.39 is 12.1 Å². The molecule has 1 heterocycles. The monoisotopic (exact) mass is 310 g/mol. The number of hydrogen-bond acceptors (Lipinski definition) is 3. The molecule has 3 rings (SSSR count). The van der Waals surface area contributed by atoms with E-state index in [9.17, 15) is 9.59 Å². The highest BCUT2D eigenvalue weighted by molar-refractivity contribution is 5.90. The number of rotatable bonds is 4. The Bertz CT molecular complexity index is 728. The van der Waals surface area contributed by atoms with Crippen molar-refractivity contribution in [3.8, 4) is 11.1 Å². The maximum absolute atomic E-state index is 11.6. The Hall–Kier alpha value is -2.82. The number of alkyl carbamates (subject to hydrolysis) is 1. The van der Waals surface area contributed by atoms with E-state index in [2.05, 4.69) is 22.8 Å². The predicted molar refractivity (Wildman–Crippen MR) is 86.7 cm³/mol. The second-order valence-electron chi connectivity index (χ2n) is 5.53. The SMILES string of the molecule is Cc1cc(COC(=O)N[C@H]2CNC2=O)ccc1-c1ccccc1. The molecule has 118 valence electrons. The largest absolute Gasteiger partial charge is 0.445 e. The lowest BCUT2D eigenvalue weighted by Crippen LogP contribution is -2.61. The van der Waals surface area contributed by atoms with Crippen LogP contribution in [0.5, 0.6) is 0 Å². The van der Waals surface area contributed by atoms with Gasteiger partial charge in [-0.15, -0.1) is 0 Å². The zero-order valence-electron chi connectivity index (χ0n) is 12.8. The second-order valence-corrected chi connectivity index (χ2v) is 5.53. The van der Waals surface area contributed by atoms with Crippen molar-refractivity contribution in [2.45, 2.75) is 19.6 Å². The number of hydrogen-bond donors (Lipinski definition) is 2. The van der Waals surface area contributed by atoms with E-state index in [1.165, 1.54) is 0 Å². The highest BCUT2D eigenvalue weighted by Gasteiger charge is 2.29. The van der Waals surface area contributed by atoms with Gasteiger partial charge in [0.15, 0.2) is 0 Å². The molecule has 2 amide bonds. The molecule has 1 aliphatic rings. The average molecular weight is 310 g/mol. The predicted octanol–water partition coefficient (Wildman–Crippen LogP) is 2.39. The van der Waals surface area contributed by atoms with Crippen molar-refractivity contribution in [1.82, 2.24) is 10.6 Å². The molecule has 2 aromatic carbocycles. The highest BCUT2D eigenvalue weighted by atomic mass is 16.5. The minimum atomic E-state index is -0.574. The van der Waals surface area contributed by atoms with Crippen molar-refractivity contribution in [2.24, 2.45) is 0 Å². The summed E-state index contributed by atoms with van der Waals surface area (Å²) in [5.41, 5.74) is 4.35. The summed E-state index contributed by atoms with van der Waals surface area (Å²) >= 11 is 0. The molecule has 0 bridgehead atoms. The fourth-order valence-corrected chi connectivity index (χ4v) is 2.49. The molecule has 0 saturated carbocycles. The van der Waals surface area contributed by atoms with Crippen LogP contribution in [0.25, 0.3) is 11.1 Å². The van der Waals surface area contributed by atoms with Gasteiger partial charge in [0, 0.05) is 6.54 Å². The van der Waals surface area contributed by atoms with Crippen LogP contribution in [0.2, 0.25) is 0 Å². The zero-order chi connectivity index (χ0) is 16.2. The van der Waals surface area contributed by atoms with Crippen molar-refractivity contribution in [2.75, 3.05) is 6.54 Å². The van der Waals surface area contributed by atoms with Gasteiger partial charge in [0.05, 0.1) is 0 Å². The van der Waals surface area contributed by atoms with Gasteiger partial charge in [0.25, 0.3) is 0 Å². The van der Waals surface area contributed by atoms with Gasteiger partial charge in [0.1, 0.15) is 12.6 Å². The molecule has 2 aromatic rings. The van der Waals surface area contributed by atoms with E-state index >= 15 is 0 Å². The minimum absolute atomic E-state index is 0.176. The fourth-order valence-electron chi connectivity index (χ4n) is 2.49. The number of carbonyl (C=O) groups is 2. The molecule has 23 heavy (non-hydrogen) atoms. The van der Waals surface area contributed by atoms with Gasteiger partial charge < -0.3 is 15.4 Å². The van der Waals surface area contributed by atoms with Gasteiger partial charge in [-0.2, -0.15) is 0 Å². The first-order valence-corrected chi connectivity index (χ1v) is 7.49. The Labute approximate surface area is 134 Å². The maximum Gasteiger partial charge on any atom is 0.408 e. The van der Waals surface area contributed by atoms with Gasteiger partial charge >= 0.3 is 6.09 Å². The third kappa shape index (κ3) is 3.51. The topological polar surface area (TPSA) is 67.4 Å². The average Bonchev–Trinajstić information content (AvgIpc) is 2.57. The molecular weight excluding hydrogens is 292 g/mol. The van der Waals surface area contributed by atoms with Crippen LogP contribution in [0.15, 0.2) is 48.5 Å². The van der Waals surface area contributed by atoms with Crippen LogP contribution >= 0.6 is 0 Å². The number of β-lactam (4-membered cyclic amide) rings is 1. The second kappa shape index (κ2) is 6.52. The molecule has 1 aliphatic heterocycles. The lowest BCUT2D eigenvalue weighted by atomic mass is 9.99. The van der Waals surface area contributed by atoms with Crippen molar-refractivity contribution >= 4 is 12.0 Å². The van der Waals surface area contributed by atoms with Crippen molar-refractivity contribution in [3.63, 3.8) is 0 Å². The van der Waals surface area contributed by atoms with E-state index in [4.69, 9.17) is 4.74 Å². The standard InChI is InChI=1S/C18H18N2O3/c1-12-9-13(7-8-15(12)14-5-3-2-4-6-14)11-23-18(22)20-16-10-19-17(16)21/h2-9,16H,10-11H2,1H3,(H,19,21)(H,20,22)/t16-/m0/s1. The van der Waals surface area contributed by atoms with Crippen LogP contribution in [0, 0.1) is 6.92 Å². The molecule has 0 aliphatic carbocycles. The molecule has 2 N–H and O–H groups in total. The van der Waals surface area contributed by atoms with Crippen LogP contribution in [0.4, 0.5) is 4.79 Å². The van der Waals surface area contributed by atoms with E-state index in [1.54, 1.807) is 0 Å². The summed E-state index contributed by atoms with van der Waals surface area (Å²) in [4.78, 5) is 22.7. The van der Waals surface area contributed by atoms with Crippen molar-refractivity contribution in [3.05, 3.63) is 59.7 Å². The quantitative estimate of drug-likeness (QED) is 0.852. The zero-order valence-corrected chi connectivity index (χ0v) is 12.8. The summed E-state index contributed by atoms with van der Waals surface area (Å²) < 4.78 is 5.15. The van der Waals surface area contributed by atoms with Crippen molar-refractivity contribution < 1.29 is 14.3 Å². The molecule has 1 fully saturated rings. The lowest BCUT2D eigenvalue weighted by Gasteiger charge is -2.26. The van der Waals surface area contributed by atoms with Gasteiger partial charge in [-0.05, 0) is 29.2 Å². The molecular formula is C18H18N2O3. The molecule has 1 saturated heterocycles. The first kappa shape index (κ1) is 15.1. The summed E-state index contributed by atoms with van der Waals surface area (Å²) in [6.45, 7) is 2.67. The van der Waals surface area contributed by atoms with Crippen LogP contribution < -0.4 is 10.6 Å². The molecule has 1 atom stereocenters. The number of aryl methyl sites for hydroxylation is 1. The van der Waals surface area contributed by atoms with Crippen LogP contribution in [-0.4, -0.2) is 24.6 Å². The summed E-state index contributed by atoms with van der Waals surface area (Å²) in [5, 5.41) is 5.07. The Kier molecular flexibility index (Phi) is 4.28. The Morgan fingerprint density at radius 3 is 2.65 bits per heavy atom. The molecule has 5 heteroatoms. The third-order valence-corrected chi connectivity index (χ3v) is 3.83. The smallest absolute Gasteiger partial charge is 0.408 e. The summed E-state index contributed by atoms with van der Waals surface area (Å²) in [6, 6.07) is 15.6. The normalized spacial score (nSPS) is 16.2. The van der Waals surface area contributed by atoms with Crippen LogP contribution in [0.3, 0.4) is 0 Å². The van der Waals surface area contributed by atoms with E-state index in [0.29, 0.717) is 6.54 Å². The summed E-state index contributed by atoms with van der Waals surface area (Å²) in [7, 11) is 0.